The fraction of sp³-hybridized carbons (Fsp3) is 0. The lowest BCUT2D eigenvalue weighted by molar-refractivity contribution is 0.0698. The molecule has 5 heteroatoms. The van der Waals surface area contributed by atoms with Gasteiger partial charge in [-0.2, -0.15) is 0 Å². The van der Waals surface area contributed by atoms with E-state index < -0.39 is 5.97 Å². The zero-order chi connectivity index (χ0) is 14.8. The van der Waals surface area contributed by atoms with Crippen molar-refractivity contribution in [2.75, 3.05) is 0 Å². The molecule has 0 aliphatic heterocycles. The number of fused-ring (bicyclic) bond motifs is 1. The molecule has 0 atom stereocenters. The molecule has 0 spiro atoms. The molecule has 0 amide bonds. The summed E-state index contributed by atoms with van der Waals surface area (Å²) in [6.07, 6.45) is 0. The van der Waals surface area contributed by atoms with Crippen LogP contribution in [0.3, 0.4) is 0 Å². The second-order valence-corrected chi connectivity index (χ2v) is 5.31. The summed E-state index contributed by atoms with van der Waals surface area (Å²) in [6, 6.07) is 15.8. The Bertz CT molecular complexity index is 833. The summed E-state index contributed by atoms with van der Waals surface area (Å²) in [7, 11) is 0. The number of benzene rings is 2. The predicted octanol–water partition coefficient (Wildman–Crippen LogP) is 4.49. The van der Waals surface area contributed by atoms with E-state index in [2.05, 4.69) is 20.9 Å². The Balaban J connectivity index is 2.09. The summed E-state index contributed by atoms with van der Waals surface area (Å²) >= 11 is 3.36. The van der Waals surface area contributed by atoms with E-state index in [9.17, 15) is 9.90 Å². The van der Waals surface area contributed by atoms with Crippen molar-refractivity contribution in [3.8, 4) is 11.6 Å². The Hall–Kier alpha value is -2.40. The summed E-state index contributed by atoms with van der Waals surface area (Å²) in [5.74, 6) is -0.166. The van der Waals surface area contributed by atoms with Gasteiger partial charge in [0.15, 0.2) is 0 Å². The van der Waals surface area contributed by atoms with Gasteiger partial charge < -0.3 is 9.84 Å². The molecular formula is C16H10BrNO3. The number of rotatable bonds is 3. The minimum atomic E-state index is -1.01. The zero-order valence-corrected chi connectivity index (χ0v) is 12.4. The molecule has 0 bridgehead atoms. The summed E-state index contributed by atoms with van der Waals surface area (Å²) < 4.78 is 6.53. The monoisotopic (exact) mass is 343 g/mol. The molecule has 1 heterocycles. The lowest BCUT2D eigenvalue weighted by Crippen LogP contribution is -2.00. The number of para-hydroxylation sites is 1. The lowest BCUT2D eigenvalue weighted by Gasteiger charge is -2.08. The van der Waals surface area contributed by atoms with Crippen molar-refractivity contribution in [1.29, 1.82) is 0 Å². The number of hydrogen-bond donors (Lipinski definition) is 1. The van der Waals surface area contributed by atoms with Gasteiger partial charge in [-0.15, -0.1) is 0 Å². The van der Waals surface area contributed by atoms with Crippen LogP contribution in [-0.2, 0) is 0 Å². The van der Waals surface area contributed by atoms with Crippen molar-refractivity contribution in [2.45, 2.75) is 0 Å². The molecule has 0 aliphatic rings. The van der Waals surface area contributed by atoms with Gasteiger partial charge in [0, 0.05) is 15.9 Å². The van der Waals surface area contributed by atoms with E-state index in [4.69, 9.17) is 4.74 Å². The summed E-state index contributed by atoms with van der Waals surface area (Å²) in [6.45, 7) is 0. The van der Waals surface area contributed by atoms with E-state index in [1.807, 2.05) is 18.2 Å². The highest BCUT2D eigenvalue weighted by molar-refractivity contribution is 9.10. The van der Waals surface area contributed by atoms with Crippen LogP contribution in [0.1, 0.15) is 10.4 Å². The van der Waals surface area contributed by atoms with E-state index in [0.29, 0.717) is 16.7 Å². The molecule has 0 saturated heterocycles. The normalized spacial score (nSPS) is 10.5. The van der Waals surface area contributed by atoms with E-state index >= 15 is 0 Å². The van der Waals surface area contributed by atoms with Crippen molar-refractivity contribution in [2.24, 2.45) is 0 Å². The minimum Gasteiger partial charge on any atom is -0.478 e. The summed E-state index contributed by atoms with van der Waals surface area (Å²) in [5.41, 5.74) is 0.757. The van der Waals surface area contributed by atoms with Crippen molar-refractivity contribution in [3.63, 3.8) is 0 Å². The quantitative estimate of drug-likeness (QED) is 0.761. The van der Waals surface area contributed by atoms with Crippen LogP contribution in [0.4, 0.5) is 0 Å². The van der Waals surface area contributed by atoms with Crippen molar-refractivity contribution < 1.29 is 14.6 Å². The van der Waals surface area contributed by atoms with Crippen molar-refractivity contribution in [1.82, 2.24) is 4.98 Å². The number of hydrogen-bond acceptors (Lipinski definition) is 3. The Morgan fingerprint density at radius 2 is 1.90 bits per heavy atom. The average molecular weight is 344 g/mol. The van der Waals surface area contributed by atoms with E-state index in [-0.39, 0.29) is 11.4 Å². The highest BCUT2D eigenvalue weighted by Crippen LogP contribution is 2.27. The number of aromatic nitrogens is 1. The van der Waals surface area contributed by atoms with Gasteiger partial charge >= 0.3 is 5.97 Å². The van der Waals surface area contributed by atoms with Crippen LogP contribution in [0.5, 0.6) is 11.6 Å². The topological polar surface area (TPSA) is 59.4 Å². The second kappa shape index (κ2) is 5.54. The lowest BCUT2D eigenvalue weighted by atomic mass is 10.1. The van der Waals surface area contributed by atoms with Crippen LogP contribution in [0.25, 0.3) is 10.9 Å². The second-order valence-electron chi connectivity index (χ2n) is 4.39. The molecule has 21 heavy (non-hydrogen) atoms. The molecular weight excluding hydrogens is 334 g/mol. The van der Waals surface area contributed by atoms with Gasteiger partial charge in [0.25, 0.3) is 0 Å². The van der Waals surface area contributed by atoms with Gasteiger partial charge in [0.2, 0.25) is 5.88 Å². The largest absolute Gasteiger partial charge is 0.478 e. The number of carbonyl (C=O) groups is 1. The summed E-state index contributed by atoms with van der Waals surface area (Å²) in [4.78, 5) is 15.7. The number of pyridine rings is 1. The molecule has 0 aliphatic carbocycles. The first-order valence-electron chi connectivity index (χ1n) is 6.20. The molecule has 0 unspecified atom stereocenters. The molecule has 3 aromatic rings. The maximum absolute atomic E-state index is 11.4. The number of halogens is 1. The molecule has 1 N–H and O–H groups in total. The maximum Gasteiger partial charge on any atom is 0.336 e. The Morgan fingerprint density at radius 3 is 2.67 bits per heavy atom. The van der Waals surface area contributed by atoms with Crippen molar-refractivity contribution >= 4 is 32.8 Å². The third-order valence-corrected chi connectivity index (χ3v) is 3.43. The van der Waals surface area contributed by atoms with Gasteiger partial charge in [0.1, 0.15) is 5.75 Å². The fourth-order valence-electron chi connectivity index (χ4n) is 2.03. The van der Waals surface area contributed by atoms with Gasteiger partial charge in [-0.1, -0.05) is 40.2 Å². The molecule has 4 nitrogen and oxygen atoms in total. The van der Waals surface area contributed by atoms with Gasteiger partial charge in [-0.3, -0.25) is 0 Å². The summed E-state index contributed by atoms with van der Waals surface area (Å²) in [5, 5.41) is 9.92. The molecule has 3 rings (SSSR count). The molecule has 1 aromatic heterocycles. The molecule has 104 valence electrons. The first kappa shape index (κ1) is 13.6. The maximum atomic E-state index is 11.4. The number of carboxylic acids is 1. The van der Waals surface area contributed by atoms with Crippen LogP contribution in [-0.4, -0.2) is 16.1 Å². The molecule has 0 fully saturated rings. The van der Waals surface area contributed by atoms with Gasteiger partial charge in [0.05, 0.1) is 11.1 Å². The zero-order valence-electron chi connectivity index (χ0n) is 10.8. The smallest absolute Gasteiger partial charge is 0.336 e. The van der Waals surface area contributed by atoms with Gasteiger partial charge in [-0.05, 0) is 24.3 Å². The Kier molecular flexibility index (Phi) is 3.58. The third kappa shape index (κ3) is 2.87. The number of nitrogens with zero attached hydrogens (tertiary/aromatic N) is 1. The SMILES string of the molecule is O=C(O)c1cc(Oc2cccc(Br)c2)nc2ccccc12. The number of ether oxygens (including phenoxy) is 1. The highest BCUT2D eigenvalue weighted by atomic mass is 79.9. The highest BCUT2D eigenvalue weighted by Gasteiger charge is 2.12. The fourth-order valence-corrected chi connectivity index (χ4v) is 2.41. The first-order valence-corrected chi connectivity index (χ1v) is 6.99. The van der Waals surface area contributed by atoms with Crippen LogP contribution in [0, 0.1) is 0 Å². The number of aromatic carboxylic acids is 1. The van der Waals surface area contributed by atoms with Crippen LogP contribution >= 0.6 is 15.9 Å². The van der Waals surface area contributed by atoms with E-state index in [1.165, 1.54) is 6.07 Å². The van der Waals surface area contributed by atoms with Crippen molar-refractivity contribution in [3.05, 3.63) is 64.6 Å². The average Bonchev–Trinajstić information content (AvgIpc) is 2.46. The molecule has 0 radical (unpaired) electrons. The Morgan fingerprint density at radius 1 is 1.10 bits per heavy atom. The predicted molar refractivity (Wildman–Crippen MR) is 82.9 cm³/mol. The minimum absolute atomic E-state index is 0.172. The van der Waals surface area contributed by atoms with Crippen LogP contribution in [0.15, 0.2) is 59.1 Å². The standard InChI is InChI=1S/C16H10BrNO3/c17-10-4-3-5-11(8-10)21-15-9-13(16(19)20)12-6-1-2-7-14(12)18-15/h1-9H,(H,19,20). The van der Waals surface area contributed by atoms with E-state index in [1.54, 1.807) is 30.3 Å². The molecule has 2 aromatic carbocycles. The number of carboxylic acid groups (broad SMARTS) is 1. The Labute approximate surface area is 129 Å². The van der Waals surface area contributed by atoms with Crippen LogP contribution in [0.2, 0.25) is 0 Å². The van der Waals surface area contributed by atoms with Gasteiger partial charge in [-0.25, -0.2) is 9.78 Å². The van der Waals surface area contributed by atoms with E-state index in [0.717, 1.165) is 4.47 Å². The van der Waals surface area contributed by atoms with Crippen LogP contribution < -0.4 is 4.74 Å². The first-order chi connectivity index (χ1) is 10.1. The molecule has 0 saturated carbocycles. The third-order valence-electron chi connectivity index (χ3n) is 2.94.